The molecule has 0 radical (unpaired) electrons. The predicted molar refractivity (Wildman–Crippen MR) is 77.4 cm³/mol. The first-order valence-electron chi connectivity index (χ1n) is 6.28. The summed E-state index contributed by atoms with van der Waals surface area (Å²) in [5.41, 5.74) is 3.78. The van der Waals surface area contributed by atoms with Crippen molar-refractivity contribution in [1.82, 2.24) is 0 Å². The SMILES string of the molecule is C=CC(Cc1cccc(NC)c1)C(=C)CCC. The molecular weight excluding hydrogens is 206 g/mol. The highest BCUT2D eigenvalue weighted by Gasteiger charge is 2.09. The van der Waals surface area contributed by atoms with E-state index in [1.165, 1.54) is 11.1 Å². The monoisotopic (exact) mass is 229 g/mol. The summed E-state index contributed by atoms with van der Waals surface area (Å²) >= 11 is 0. The van der Waals surface area contributed by atoms with E-state index in [1.54, 1.807) is 0 Å². The molecule has 0 heterocycles. The highest BCUT2D eigenvalue weighted by atomic mass is 14.8. The zero-order chi connectivity index (χ0) is 12.7. The van der Waals surface area contributed by atoms with Crippen LogP contribution in [0.5, 0.6) is 0 Å². The van der Waals surface area contributed by atoms with Crippen molar-refractivity contribution in [2.24, 2.45) is 5.92 Å². The van der Waals surface area contributed by atoms with Crippen LogP contribution in [0.2, 0.25) is 0 Å². The molecule has 92 valence electrons. The summed E-state index contributed by atoms with van der Waals surface area (Å²) in [6, 6.07) is 8.52. The van der Waals surface area contributed by atoms with E-state index in [0.717, 1.165) is 24.9 Å². The van der Waals surface area contributed by atoms with Gasteiger partial charge in [-0.2, -0.15) is 0 Å². The van der Waals surface area contributed by atoms with E-state index in [1.807, 2.05) is 13.1 Å². The van der Waals surface area contributed by atoms with Crippen LogP contribution in [0.3, 0.4) is 0 Å². The Labute approximate surface area is 105 Å². The Morgan fingerprint density at radius 3 is 2.82 bits per heavy atom. The van der Waals surface area contributed by atoms with Gasteiger partial charge in [-0.25, -0.2) is 0 Å². The summed E-state index contributed by atoms with van der Waals surface area (Å²) < 4.78 is 0. The van der Waals surface area contributed by atoms with Gasteiger partial charge in [-0.05, 0) is 30.5 Å². The lowest BCUT2D eigenvalue weighted by Crippen LogP contribution is -2.04. The van der Waals surface area contributed by atoms with E-state index in [2.05, 4.69) is 49.7 Å². The van der Waals surface area contributed by atoms with Crippen LogP contribution in [0.15, 0.2) is 49.1 Å². The second-order valence-electron chi connectivity index (χ2n) is 4.40. The minimum Gasteiger partial charge on any atom is -0.388 e. The topological polar surface area (TPSA) is 12.0 Å². The Morgan fingerprint density at radius 2 is 2.24 bits per heavy atom. The summed E-state index contributed by atoms with van der Waals surface area (Å²) in [5.74, 6) is 0.391. The summed E-state index contributed by atoms with van der Waals surface area (Å²) in [6.45, 7) is 10.3. The van der Waals surface area contributed by atoms with Crippen molar-refractivity contribution in [1.29, 1.82) is 0 Å². The number of hydrogen-bond donors (Lipinski definition) is 1. The molecule has 0 aliphatic heterocycles. The average Bonchev–Trinajstić information content (AvgIpc) is 2.36. The fraction of sp³-hybridized carbons (Fsp3) is 0.375. The molecule has 1 heteroatoms. The van der Waals surface area contributed by atoms with Gasteiger partial charge in [0.15, 0.2) is 0 Å². The number of rotatable bonds is 7. The maximum absolute atomic E-state index is 4.17. The van der Waals surface area contributed by atoms with Crippen molar-refractivity contribution < 1.29 is 0 Å². The molecule has 0 aromatic heterocycles. The molecule has 1 unspecified atom stereocenters. The van der Waals surface area contributed by atoms with E-state index < -0.39 is 0 Å². The van der Waals surface area contributed by atoms with Crippen LogP contribution in [0, 0.1) is 5.92 Å². The minimum atomic E-state index is 0.391. The molecule has 0 saturated heterocycles. The molecular formula is C16H23N. The average molecular weight is 229 g/mol. The molecule has 0 saturated carbocycles. The molecule has 0 bridgehead atoms. The third-order valence-corrected chi connectivity index (χ3v) is 3.05. The van der Waals surface area contributed by atoms with Gasteiger partial charge in [0.2, 0.25) is 0 Å². The number of benzene rings is 1. The third kappa shape index (κ3) is 4.10. The Morgan fingerprint density at radius 1 is 1.47 bits per heavy atom. The van der Waals surface area contributed by atoms with Crippen LogP contribution in [0.1, 0.15) is 25.3 Å². The van der Waals surface area contributed by atoms with Crippen LogP contribution in [0.4, 0.5) is 5.69 Å². The summed E-state index contributed by atoms with van der Waals surface area (Å²) in [4.78, 5) is 0. The van der Waals surface area contributed by atoms with Gasteiger partial charge in [0.1, 0.15) is 0 Å². The molecule has 0 fully saturated rings. The number of anilines is 1. The summed E-state index contributed by atoms with van der Waals surface area (Å²) in [6.07, 6.45) is 5.25. The summed E-state index contributed by atoms with van der Waals surface area (Å²) in [7, 11) is 1.94. The van der Waals surface area contributed by atoms with Crippen molar-refractivity contribution in [3.05, 3.63) is 54.6 Å². The maximum Gasteiger partial charge on any atom is 0.0340 e. The number of nitrogens with one attached hydrogen (secondary N) is 1. The van der Waals surface area contributed by atoms with Gasteiger partial charge < -0.3 is 5.32 Å². The van der Waals surface area contributed by atoms with E-state index in [-0.39, 0.29) is 0 Å². The van der Waals surface area contributed by atoms with Crippen LogP contribution in [0.25, 0.3) is 0 Å². The lowest BCUT2D eigenvalue weighted by atomic mass is 9.90. The Balaban J connectivity index is 2.73. The van der Waals surface area contributed by atoms with E-state index in [0.29, 0.717) is 5.92 Å². The van der Waals surface area contributed by atoms with Gasteiger partial charge in [0.25, 0.3) is 0 Å². The van der Waals surface area contributed by atoms with E-state index in [4.69, 9.17) is 0 Å². The maximum atomic E-state index is 4.17. The lowest BCUT2D eigenvalue weighted by Gasteiger charge is -2.15. The Kier molecular flexibility index (Phi) is 5.55. The first kappa shape index (κ1) is 13.6. The molecule has 0 aliphatic carbocycles. The van der Waals surface area contributed by atoms with E-state index in [9.17, 15) is 0 Å². The molecule has 17 heavy (non-hydrogen) atoms. The summed E-state index contributed by atoms with van der Waals surface area (Å²) in [5, 5.41) is 3.16. The van der Waals surface area contributed by atoms with Crippen molar-refractivity contribution >= 4 is 5.69 Å². The molecule has 1 rings (SSSR count). The molecule has 0 spiro atoms. The molecule has 1 atom stereocenters. The van der Waals surface area contributed by atoms with Crippen molar-refractivity contribution in [2.75, 3.05) is 12.4 Å². The van der Waals surface area contributed by atoms with Crippen molar-refractivity contribution in [3.63, 3.8) is 0 Å². The van der Waals surface area contributed by atoms with Crippen LogP contribution < -0.4 is 5.32 Å². The van der Waals surface area contributed by atoms with Crippen molar-refractivity contribution in [2.45, 2.75) is 26.2 Å². The molecule has 0 aliphatic rings. The van der Waals surface area contributed by atoms with Crippen LogP contribution in [-0.4, -0.2) is 7.05 Å². The molecule has 0 amide bonds. The largest absolute Gasteiger partial charge is 0.388 e. The third-order valence-electron chi connectivity index (χ3n) is 3.05. The lowest BCUT2D eigenvalue weighted by molar-refractivity contribution is 0.700. The predicted octanol–water partition coefficient (Wildman–Crippen LogP) is 4.43. The highest BCUT2D eigenvalue weighted by Crippen LogP contribution is 2.22. The fourth-order valence-electron chi connectivity index (χ4n) is 2.01. The second kappa shape index (κ2) is 6.95. The molecule has 1 aromatic rings. The van der Waals surface area contributed by atoms with Gasteiger partial charge in [0.05, 0.1) is 0 Å². The minimum absolute atomic E-state index is 0.391. The number of allylic oxidation sites excluding steroid dienone is 2. The van der Waals surface area contributed by atoms with Gasteiger partial charge in [0, 0.05) is 18.7 Å². The molecule has 1 nitrogen and oxygen atoms in total. The number of hydrogen-bond acceptors (Lipinski definition) is 1. The first-order valence-corrected chi connectivity index (χ1v) is 6.28. The van der Waals surface area contributed by atoms with Crippen LogP contribution in [-0.2, 0) is 6.42 Å². The smallest absolute Gasteiger partial charge is 0.0340 e. The zero-order valence-corrected chi connectivity index (χ0v) is 11.0. The zero-order valence-electron chi connectivity index (χ0n) is 11.0. The fourth-order valence-corrected chi connectivity index (χ4v) is 2.01. The van der Waals surface area contributed by atoms with Crippen molar-refractivity contribution in [3.8, 4) is 0 Å². The highest BCUT2D eigenvalue weighted by molar-refractivity contribution is 5.45. The Bertz CT molecular complexity index is 379. The normalized spacial score (nSPS) is 11.9. The van der Waals surface area contributed by atoms with Gasteiger partial charge in [-0.1, -0.05) is 43.7 Å². The first-order chi connectivity index (χ1) is 8.21. The molecule has 1 aromatic carbocycles. The second-order valence-corrected chi connectivity index (χ2v) is 4.40. The molecule has 1 N–H and O–H groups in total. The van der Waals surface area contributed by atoms with Gasteiger partial charge in [-0.3, -0.25) is 0 Å². The Hall–Kier alpha value is -1.50. The van der Waals surface area contributed by atoms with Gasteiger partial charge >= 0.3 is 0 Å². The van der Waals surface area contributed by atoms with Gasteiger partial charge in [-0.15, -0.1) is 6.58 Å². The van der Waals surface area contributed by atoms with Crippen LogP contribution >= 0.6 is 0 Å². The van der Waals surface area contributed by atoms with E-state index >= 15 is 0 Å². The standard InChI is InChI=1S/C16H23N/c1-5-8-13(3)15(6-2)11-14-9-7-10-16(12-14)17-4/h6-7,9-10,12,15,17H,2-3,5,8,11H2,1,4H3. The quantitative estimate of drug-likeness (QED) is 0.682.